The van der Waals surface area contributed by atoms with Gasteiger partial charge in [0, 0.05) is 49.0 Å². The number of carbonyl (C=O) groups is 1. The fraction of sp³-hybridized carbons (Fsp3) is 0.333. The molecule has 11 heteroatoms. The quantitative estimate of drug-likeness (QED) is 0.432. The van der Waals surface area contributed by atoms with E-state index in [1.54, 1.807) is 25.4 Å². The lowest BCUT2D eigenvalue weighted by Gasteiger charge is -2.30. The number of amides is 1. The van der Waals surface area contributed by atoms with Gasteiger partial charge in [-0.3, -0.25) is 10.2 Å². The molecule has 1 fully saturated rings. The molecule has 0 bridgehead atoms. The number of carbonyl (C=O) groups excluding carboxylic acids is 1. The Kier molecular flexibility index (Phi) is 6.59. The van der Waals surface area contributed by atoms with E-state index in [4.69, 9.17) is 9.47 Å². The first-order valence-corrected chi connectivity index (χ1v) is 11.5. The van der Waals surface area contributed by atoms with Gasteiger partial charge in [0.2, 0.25) is 5.95 Å². The molecule has 0 unspecified atom stereocenters. The number of aromatic nitrogens is 6. The number of rotatable bonds is 6. The van der Waals surface area contributed by atoms with E-state index in [9.17, 15) is 4.79 Å². The van der Waals surface area contributed by atoms with Crippen molar-refractivity contribution in [3.05, 3.63) is 48.8 Å². The molecular weight excluding hydrogens is 448 g/mol. The second-order valence-electron chi connectivity index (χ2n) is 8.23. The molecule has 2 N–H and O–H groups in total. The number of anilines is 1. The van der Waals surface area contributed by atoms with Gasteiger partial charge in [-0.1, -0.05) is 0 Å². The van der Waals surface area contributed by atoms with Crippen LogP contribution in [0.15, 0.2) is 43.0 Å². The highest BCUT2D eigenvalue weighted by molar-refractivity contribution is 5.96. The van der Waals surface area contributed by atoms with Crippen molar-refractivity contribution >= 4 is 23.1 Å². The Balaban J connectivity index is 1.47. The summed E-state index contributed by atoms with van der Waals surface area (Å²) >= 11 is 0. The molecule has 35 heavy (non-hydrogen) atoms. The van der Waals surface area contributed by atoms with E-state index in [0.717, 1.165) is 42.2 Å². The van der Waals surface area contributed by atoms with Crippen LogP contribution in [0.3, 0.4) is 0 Å². The Labute approximate surface area is 202 Å². The highest BCUT2D eigenvalue weighted by Crippen LogP contribution is 2.32. The van der Waals surface area contributed by atoms with Gasteiger partial charge >= 0.3 is 6.09 Å². The van der Waals surface area contributed by atoms with Gasteiger partial charge in [-0.25, -0.2) is 29.7 Å². The smallest absolute Gasteiger partial charge is 0.413 e. The minimum atomic E-state index is -0.581. The third kappa shape index (κ3) is 5.26. The SMILES string of the molecule is CCOC(=O)Nc1nc2c(-c3ncccn3)cc(-c3cnc(CN4CCO[C@@H](C)C4)nc3)cc2[nH]1. The Morgan fingerprint density at radius 2 is 2.00 bits per heavy atom. The Bertz CT molecular complexity index is 1310. The van der Waals surface area contributed by atoms with Gasteiger partial charge in [-0.2, -0.15) is 0 Å². The number of nitrogens with one attached hydrogen (secondary N) is 2. The van der Waals surface area contributed by atoms with E-state index < -0.39 is 6.09 Å². The number of morpholine rings is 1. The van der Waals surface area contributed by atoms with Gasteiger partial charge < -0.3 is 14.5 Å². The van der Waals surface area contributed by atoms with Crippen LogP contribution in [0.1, 0.15) is 19.7 Å². The first-order chi connectivity index (χ1) is 17.1. The van der Waals surface area contributed by atoms with Crippen LogP contribution in [0.2, 0.25) is 0 Å². The topological polar surface area (TPSA) is 131 Å². The molecule has 1 aliphatic rings. The second-order valence-corrected chi connectivity index (χ2v) is 8.23. The van der Waals surface area contributed by atoms with Crippen molar-refractivity contribution in [3.8, 4) is 22.5 Å². The van der Waals surface area contributed by atoms with Crippen LogP contribution in [0.5, 0.6) is 0 Å². The van der Waals surface area contributed by atoms with Crippen LogP contribution >= 0.6 is 0 Å². The second kappa shape index (κ2) is 10.1. The third-order valence-corrected chi connectivity index (χ3v) is 5.62. The zero-order chi connectivity index (χ0) is 24.2. The lowest BCUT2D eigenvalue weighted by atomic mass is 10.0. The van der Waals surface area contributed by atoms with E-state index >= 15 is 0 Å². The monoisotopic (exact) mass is 474 g/mol. The van der Waals surface area contributed by atoms with E-state index in [1.807, 2.05) is 24.5 Å². The Morgan fingerprint density at radius 1 is 1.20 bits per heavy atom. The van der Waals surface area contributed by atoms with Gasteiger partial charge in [-0.05, 0) is 37.6 Å². The molecule has 11 nitrogen and oxygen atoms in total. The molecule has 0 aliphatic carbocycles. The molecular formula is C24H26N8O3. The lowest BCUT2D eigenvalue weighted by Crippen LogP contribution is -2.40. The first-order valence-electron chi connectivity index (χ1n) is 11.5. The molecule has 180 valence electrons. The maximum Gasteiger partial charge on any atom is 0.413 e. The molecule has 0 saturated carbocycles. The fourth-order valence-corrected chi connectivity index (χ4v) is 4.04. The minimum Gasteiger partial charge on any atom is -0.450 e. The van der Waals surface area contributed by atoms with Gasteiger partial charge in [-0.15, -0.1) is 0 Å². The number of benzene rings is 1. The standard InChI is InChI=1S/C24H26N8O3/c1-3-34-24(33)31-23-29-19-10-16(9-18(21(19)30-23)22-25-5-4-6-26-22)17-11-27-20(28-12-17)14-32-7-8-35-15(2)13-32/h4-6,9-12,15H,3,7-8,13-14H2,1-2H3,(H2,29,30,31,33)/t15-/m0/s1. The van der Waals surface area contributed by atoms with Crippen LogP contribution in [0.4, 0.5) is 10.7 Å². The van der Waals surface area contributed by atoms with Gasteiger partial charge in [0.05, 0.1) is 31.4 Å². The summed E-state index contributed by atoms with van der Waals surface area (Å²) in [5.74, 6) is 1.56. The van der Waals surface area contributed by atoms with Crippen LogP contribution in [0, 0.1) is 0 Å². The maximum atomic E-state index is 11.9. The Hall–Kier alpha value is -3.96. The molecule has 1 saturated heterocycles. The van der Waals surface area contributed by atoms with Gasteiger partial charge in [0.25, 0.3) is 0 Å². The number of H-pyrrole nitrogens is 1. The highest BCUT2D eigenvalue weighted by atomic mass is 16.5. The van der Waals surface area contributed by atoms with Gasteiger partial charge in [0.15, 0.2) is 5.82 Å². The molecule has 3 aromatic heterocycles. The number of nitrogens with zero attached hydrogens (tertiary/aromatic N) is 6. The summed E-state index contributed by atoms with van der Waals surface area (Å²) in [6.45, 7) is 7.21. The van der Waals surface area contributed by atoms with E-state index in [-0.39, 0.29) is 18.7 Å². The summed E-state index contributed by atoms with van der Waals surface area (Å²) in [6, 6.07) is 5.65. The van der Waals surface area contributed by atoms with Crippen molar-refractivity contribution in [2.75, 3.05) is 31.6 Å². The van der Waals surface area contributed by atoms with Gasteiger partial charge in [0.1, 0.15) is 11.3 Å². The van der Waals surface area contributed by atoms with Crippen LogP contribution in [-0.2, 0) is 16.0 Å². The van der Waals surface area contributed by atoms with Crippen molar-refractivity contribution in [3.63, 3.8) is 0 Å². The summed E-state index contributed by atoms with van der Waals surface area (Å²) in [4.78, 5) is 39.8. The zero-order valence-electron chi connectivity index (χ0n) is 19.6. The number of hydrogen-bond donors (Lipinski definition) is 2. The summed E-state index contributed by atoms with van der Waals surface area (Å²) in [6.07, 6.45) is 6.62. The van der Waals surface area contributed by atoms with Crippen LogP contribution in [-0.4, -0.2) is 73.3 Å². The molecule has 0 spiro atoms. The molecule has 1 aliphatic heterocycles. The molecule has 1 aromatic carbocycles. The Morgan fingerprint density at radius 3 is 2.74 bits per heavy atom. The highest BCUT2D eigenvalue weighted by Gasteiger charge is 2.19. The van der Waals surface area contributed by atoms with E-state index in [1.165, 1.54) is 0 Å². The van der Waals surface area contributed by atoms with E-state index in [2.05, 4.69) is 47.0 Å². The average Bonchev–Trinajstić information content (AvgIpc) is 3.27. The van der Waals surface area contributed by atoms with Crippen molar-refractivity contribution in [1.82, 2.24) is 34.8 Å². The van der Waals surface area contributed by atoms with Crippen molar-refractivity contribution in [1.29, 1.82) is 0 Å². The molecule has 4 heterocycles. The molecule has 5 rings (SSSR count). The maximum absolute atomic E-state index is 11.9. The molecule has 0 radical (unpaired) electrons. The first kappa shape index (κ1) is 22.8. The van der Waals surface area contributed by atoms with Crippen molar-refractivity contribution in [2.24, 2.45) is 0 Å². The normalized spacial score (nSPS) is 16.3. The average molecular weight is 475 g/mol. The van der Waals surface area contributed by atoms with Crippen molar-refractivity contribution < 1.29 is 14.3 Å². The molecule has 1 atom stereocenters. The number of imidazole rings is 1. The summed E-state index contributed by atoms with van der Waals surface area (Å²) in [5.41, 5.74) is 3.78. The van der Waals surface area contributed by atoms with Crippen LogP contribution in [0.25, 0.3) is 33.5 Å². The minimum absolute atomic E-state index is 0.214. The van der Waals surface area contributed by atoms with Crippen LogP contribution < -0.4 is 5.32 Å². The largest absolute Gasteiger partial charge is 0.450 e. The number of aromatic amines is 1. The predicted molar refractivity (Wildman–Crippen MR) is 129 cm³/mol. The van der Waals surface area contributed by atoms with Crippen molar-refractivity contribution in [2.45, 2.75) is 26.5 Å². The molecule has 1 amide bonds. The summed E-state index contributed by atoms with van der Waals surface area (Å²) in [5, 5.41) is 2.61. The number of fused-ring (bicyclic) bond motifs is 1. The fourth-order valence-electron chi connectivity index (χ4n) is 4.04. The number of hydrogen-bond acceptors (Lipinski definition) is 9. The predicted octanol–water partition coefficient (Wildman–Crippen LogP) is 3.27. The zero-order valence-corrected chi connectivity index (χ0v) is 19.6. The summed E-state index contributed by atoms with van der Waals surface area (Å²) in [7, 11) is 0. The molecule has 4 aromatic rings. The lowest BCUT2D eigenvalue weighted by molar-refractivity contribution is -0.0220. The van der Waals surface area contributed by atoms with E-state index in [0.29, 0.717) is 23.4 Å². The summed E-state index contributed by atoms with van der Waals surface area (Å²) < 4.78 is 10.6. The number of ether oxygens (including phenoxy) is 2. The third-order valence-electron chi connectivity index (χ3n) is 5.62.